The van der Waals surface area contributed by atoms with Crippen molar-refractivity contribution in [3.63, 3.8) is 0 Å². The molecule has 1 aromatic heterocycles. The number of hydrogen-bond acceptors (Lipinski definition) is 5. The lowest BCUT2D eigenvalue weighted by molar-refractivity contribution is -0.383. The third-order valence-electron chi connectivity index (χ3n) is 3.81. The van der Waals surface area contributed by atoms with Crippen LogP contribution >= 0.6 is 0 Å². The molecule has 2 aromatic rings. The first-order valence-electron chi connectivity index (χ1n) is 6.69. The number of hydrogen-bond donors (Lipinski definition) is 3. The average Bonchev–Trinajstić information content (AvgIpc) is 2.87. The highest BCUT2D eigenvalue weighted by molar-refractivity contribution is 5.87. The predicted molar refractivity (Wildman–Crippen MR) is 74.6 cm³/mol. The molecule has 0 amide bonds. The van der Waals surface area contributed by atoms with Crippen molar-refractivity contribution in [1.82, 2.24) is 10.2 Å². The molecule has 1 aliphatic carbocycles. The van der Waals surface area contributed by atoms with Crippen LogP contribution in [-0.4, -0.2) is 32.4 Å². The van der Waals surface area contributed by atoms with Crippen LogP contribution in [0, 0.1) is 10.1 Å². The molecule has 1 saturated carbocycles. The molecule has 106 valence electrons. The lowest BCUT2D eigenvalue weighted by atomic mass is 9.93. The van der Waals surface area contributed by atoms with Gasteiger partial charge in [0.05, 0.1) is 22.7 Å². The van der Waals surface area contributed by atoms with Crippen molar-refractivity contribution in [3.8, 4) is 0 Å². The number of nitro benzene ring substituents is 1. The number of aromatic amines is 1. The number of benzene rings is 1. The summed E-state index contributed by atoms with van der Waals surface area (Å²) in [7, 11) is 0. The van der Waals surface area contributed by atoms with E-state index in [1.807, 2.05) is 0 Å². The number of nitrogens with one attached hydrogen (secondary N) is 2. The van der Waals surface area contributed by atoms with E-state index in [1.165, 1.54) is 6.07 Å². The van der Waals surface area contributed by atoms with Crippen molar-refractivity contribution in [2.24, 2.45) is 0 Å². The minimum atomic E-state index is -0.382. The Hall–Kier alpha value is -2.15. The molecular formula is C13H16N4O3. The van der Waals surface area contributed by atoms with Gasteiger partial charge in [0.15, 0.2) is 0 Å². The third kappa shape index (κ3) is 2.44. The zero-order valence-electron chi connectivity index (χ0n) is 10.9. The van der Waals surface area contributed by atoms with Crippen molar-refractivity contribution in [2.75, 3.05) is 5.32 Å². The summed E-state index contributed by atoms with van der Waals surface area (Å²) in [6.45, 7) is 0. The largest absolute Gasteiger partial charge is 0.393 e. The van der Waals surface area contributed by atoms with Crippen molar-refractivity contribution in [3.05, 3.63) is 28.4 Å². The van der Waals surface area contributed by atoms with Gasteiger partial charge < -0.3 is 10.4 Å². The summed E-state index contributed by atoms with van der Waals surface area (Å²) in [5.74, 6) is 0. The second-order valence-corrected chi connectivity index (χ2v) is 5.23. The number of nitro groups is 1. The topological polar surface area (TPSA) is 104 Å². The van der Waals surface area contributed by atoms with Gasteiger partial charge in [-0.1, -0.05) is 0 Å². The second-order valence-electron chi connectivity index (χ2n) is 5.23. The number of fused-ring (bicyclic) bond motifs is 1. The molecule has 3 rings (SSSR count). The van der Waals surface area contributed by atoms with Crippen LogP contribution in [-0.2, 0) is 0 Å². The van der Waals surface area contributed by atoms with Crippen LogP contribution in [0.15, 0.2) is 18.3 Å². The fraction of sp³-hybridized carbons (Fsp3) is 0.462. The number of aliphatic hydroxyl groups is 1. The molecule has 1 aliphatic rings. The van der Waals surface area contributed by atoms with Gasteiger partial charge >= 0.3 is 0 Å². The van der Waals surface area contributed by atoms with E-state index < -0.39 is 0 Å². The molecule has 0 aliphatic heterocycles. The zero-order chi connectivity index (χ0) is 14.1. The molecular weight excluding hydrogens is 260 g/mol. The molecule has 0 spiro atoms. The third-order valence-corrected chi connectivity index (χ3v) is 3.81. The van der Waals surface area contributed by atoms with E-state index in [1.54, 1.807) is 12.3 Å². The van der Waals surface area contributed by atoms with Crippen LogP contribution in [0.3, 0.4) is 0 Å². The Morgan fingerprint density at radius 2 is 2.10 bits per heavy atom. The van der Waals surface area contributed by atoms with Crippen LogP contribution in [0.25, 0.3) is 10.9 Å². The van der Waals surface area contributed by atoms with Crippen molar-refractivity contribution < 1.29 is 10.0 Å². The molecule has 1 fully saturated rings. The van der Waals surface area contributed by atoms with Crippen LogP contribution in [0.1, 0.15) is 25.7 Å². The molecule has 0 radical (unpaired) electrons. The first kappa shape index (κ1) is 12.9. The van der Waals surface area contributed by atoms with Gasteiger partial charge in [0.2, 0.25) is 0 Å². The van der Waals surface area contributed by atoms with E-state index in [0.717, 1.165) is 36.6 Å². The van der Waals surface area contributed by atoms with E-state index in [9.17, 15) is 15.2 Å². The summed E-state index contributed by atoms with van der Waals surface area (Å²) < 4.78 is 0. The summed E-state index contributed by atoms with van der Waals surface area (Å²) in [5, 5.41) is 31.3. The number of aromatic nitrogens is 2. The molecule has 0 atom stereocenters. The number of H-pyrrole nitrogens is 1. The zero-order valence-corrected chi connectivity index (χ0v) is 10.9. The van der Waals surface area contributed by atoms with E-state index >= 15 is 0 Å². The smallest absolute Gasteiger partial charge is 0.293 e. The first-order chi connectivity index (χ1) is 9.63. The highest BCUT2D eigenvalue weighted by atomic mass is 16.6. The quantitative estimate of drug-likeness (QED) is 0.588. The SMILES string of the molecule is O=[N+]([O-])c1cc2cn[nH]c2cc1N[C@H]1CC[C@H](O)CC1. The van der Waals surface area contributed by atoms with Crippen LogP contribution in [0.2, 0.25) is 0 Å². The average molecular weight is 276 g/mol. The maximum Gasteiger partial charge on any atom is 0.293 e. The van der Waals surface area contributed by atoms with Gasteiger partial charge in [-0.15, -0.1) is 0 Å². The van der Waals surface area contributed by atoms with Gasteiger partial charge in [-0.05, 0) is 31.7 Å². The van der Waals surface area contributed by atoms with Crippen molar-refractivity contribution in [2.45, 2.75) is 37.8 Å². The Morgan fingerprint density at radius 1 is 1.35 bits per heavy atom. The number of rotatable bonds is 3. The molecule has 0 unspecified atom stereocenters. The van der Waals surface area contributed by atoms with E-state index in [0.29, 0.717) is 5.69 Å². The Bertz CT molecular complexity index is 632. The van der Waals surface area contributed by atoms with Gasteiger partial charge in [-0.25, -0.2) is 0 Å². The van der Waals surface area contributed by atoms with E-state index in [-0.39, 0.29) is 22.8 Å². The number of anilines is 1. The fourth-order valence-electron chi connectivity index (χ4n) is 2.69. The van der Waals surface area contributed by atoms with Gasteiger partial charge in [-0.2, -0.15) is 5.10 Å². The van der Waals surface area contributed by atoms with Crippen LogP contribution < -0.4 is 5.32 Å². The second kappa shape index (κ2) is 5.09. The summed E-state index contributed by atoms with van der Waals surface area (Å²) >= 11 is 0. The summed E-state index contributed by atoms with van der Waals surface area (Å²) in [5.41, 5.74) is 1.34. The van der Waals surface area contributed by atoms with Crippen LogP contribution in [0.5, 0.6) is 0 Å². The van der Waals surface area contributed by atoms with E-state index in [2.05, 4.69) is 15.5 Å². The predicted octanol–water partition coefficient (Wildman–Crippen LogP) is 2.19. The normalized spacial score (nSPS) is 22.9. The summed E-state index contributed by atoms with van der Waals surface area (Å²) in [4.78, 5) is 10.8. The van der Waals surface area contributed by atoms with Gasteiger partial charge in [0.25, 0.3) is 5.69 Å². The Kier molecular flexibility index (Phi) is 3.27. The minimum Gasteiger partial charge on any atom is -0.393 e. The molecule has 20 heavy (non-hydrogen) atoms. The molecule has 0 bridgehead atoms. The Labute approximate surface area is 115 Å². The highest BCUT2D eigenvalue weighted by Gasteiger charge is 2.23. The molecule has 1 aromatic carbocycles. The molecule has 0 saturated heterocycles. The van der Waals surface area contributed by atoms with Crippen molar-refractivity contribution >= 4 is 22.3 Å². The van der Waals surface area contributed by atoms with Crippen LogP contribution in [0.4, 0.5) is 11.4 Å². The fourth-order valence-corrected chi connectivity index (χ4v) is 2.69. The standard InChI is InChI=1S/C13H16N4O3/c18-10-3-1-9(2-4-10)15-12-6-11-8(7-14-16-11)5-13(12)17(19)20/h5-7,9-10,15,18H,1-4H2,(H,14,16)/t9-,10-. The molecule has 1 heterocycles. The first-order valence-corrected chi connectivity index (χ1v) is 6.69. The molecule has 7 nitrogen and oxygen atoms in total. The number of aliphatic hydroxyl groups excluding tert-OH is 1. The maximum atomic E-state index is 11.2. The van der Waals surface area contributed by atoms with E-state index in [4.69, 9.17) is 0 Å². The minimum absolute atomic E-state index is 0.0602. The Morgan fingerprint density at radius 3 is 2.80 bits per heavy atom. The lowest BCUT2D eigenvalue weighted by Crippen LogP contribution is -2.28. The number of nitrogens with zero attached hydrogens (tertiary/aromatic N) is 2. The summed E-state index contributed by atoms with van der Waals surface area (Å²) in [6.07, 6.45) is 4.44. The van der Waals surface area contributed by atoms with Gasteiger partial charge in [0.1, 0.15) is 5.69 Å². The lowest BCUT2D eigenvalue weighted by Gasteiger charge is -2.26. The highest BCUT2D eigenvalue weighted by Crippen LogP contribution is 2.31. The Balaban J connectivity index is 1.88. The monoisotopic (exact) mass is 276 g/mol. The van der Waals surface area contributed by atoms with Gasteiger partial charge in [-0.3, -0.25) is 15.2 Å². The summed E-state index contributed by atoms with van der Waals surface area (Å²) in [6, 6.07) is 3.42. The molecule has 3 N–H and O–H groups in total. The molecule has 7 heteroatoms. The van der Waals surface area contributed by atoms with Crippen molar-refractivity contribution in [1.29, 1.82) is 0 Å². The van der Waals surface area contributed by atoms with Gasteiger partial charge in [0, 0.05) is 17.5 Å². The maximum absolute atomic E-state index is 11.2.